The van der Waals surface area contributed by atoms with Gasteiger partial charge in [0.25, 0.3) is 5.91 Å². The molecule has 20 heavy (non-hydrogen) atoms. The molecule has 1 aliphatic heterocycles. The summed E-state index contributed by atoms with van der Waals surface area (Å²) in [7, 11) is 0. The van der Waals surface area contributed by atoms with Crippen molar-refractivity contribution < 1.29 is 9.59 Å². The Balaban J connectivity index is 1.80. The Kier molecular flexibility index (Phi) is 3.85. The van der Waals surface area contributed by atoms with Crippen LogP contribution in [-0.2, 0) is 4.79 Å². The smallest absolute Gasteiger partial charge is 0.272 e. The highest BCUT2D eigenvalue weighted by molar-refractivity contribution is 5.93. The monoisotopic (exact) mass is 275 g/mol. The fourth-order valence-corrected chi connectivity index (χ4v) is 3.57. The van der Waals surface area contributed by atoms with E-state index in [0.29, 0.717) is 17.9 Å². The van der Waals surface area contributed by atoms with Crippen LogP contribution in [0.3, 0.4) is 0 Å². The van der Waals surface area contributed by atoms with Crippen molar-refractivity contribution in [1.29, 1.82) is 0 Å². The first-order valence-electron chi connectivity index (χ1n) is 7.60. The SMILES string of the molecule is O=C1CCCCC1C1CCCCN1C(=O)c1ccn[nH]1. The molecule has 0 radical (unpaired) electrons. The van der Waals surface area contributed by atoms with Crippen molar-refractivity contribution in [3.8, 4) is 0 Å². The van der Waals surface area contributed by atoms with E-state index in [0.717, 1.165) is 45.1 Å². The normalized spacial score (nSPS) is 27.6. The van der Waals surface area contributed by atoms with Crippen LogP contribution in [0.5, 0.6) is 0 Å². The summed E-state index contributed by atoms with van der Waals surface area (Å²) in [5, 5.41) is 6.59. The van der Waals surface area contributed by atoms with E-state index in [9.17, 15) is 9.59 Å². The number of carbonyl (C=O) groups excluding carboxylic acids is 2. The quantitative estimate of drug-likeness (QED) is 0.899. The molecule has 2 aliphatic rings. The van der Waals surface area contributed by atoms with Gasteiger partial charge < -0.3 is 4.90 Å². The van der Waals surface area contributed by atoms with E-state index in [-0.39, 0.29) is 17.9 Å². The number of carbonyl (C=O) groups is 2. The van der Waals surface area contributed by atoms with Crippen LogP contribution >= 0.6 is 0 Å². The number of nitrogens with zero attached hydrogens (tertiary/aromatic N) is 2. The lowest BCUT2D eigenvalue weighted by Gasteiger charge is -2.40. The second-order valence-electron chi connectivity index (χ2n) is 5.85. The van der Waals surface area contributed by atoms with E-state index in [1.807, 2.05) is 4.90 Å². The third kappa shape index (κ3) is 2.49. The fraction of sp³-hybridized carbons (Fsp3) is 0.667. The number of hydrogen-bond donors (Lipinski definition) is 1. The van der Waals surface area contributed by atoms with Gasteiger partial charge in [0.15, 0.2) is 0 Å². The van der Waals surface area contributed by atoms with Crippen molar-refractivity contribution in [3.05, 3.63) is 18.0 Å². The van der Waals surface area contributed by atoms with E-state index in [4.69, 9.17) is 0 Å². The minimum Gasteiger partial charge on any atom is -0.334 e. The van der Waals surface area contributed by atoms with Crippen LogP contribution in [0, 0.1) is 5.92 Å². The molecule has 1 aromatic heterocycles. The van der Waals surface area contributed by atoms with Gasteiger partial charge in [-0.3, -0.25) is 14.7 Å². The molecule has 2 heterocycles. The summed E-state index contributed by atoms with van der Waals surface area (Å²) in [6.45, 7) is 0.756. The molecule has 5 heteroatoms. The molecule has 1 aromatic rings. The number of hydrogen-bond acceptors (Lipinski definition) is 3. The van der Waals surface area contributed by atoms with Gasteiger partial charge in [0.2, 0.25) is 0 Å². The van der Waals surface area contributed by atoms with E-state index in [2.05, 4.69) is 10.2 Å². The summed E-state index contributed by atoms with van der Waals surface area (Å²) in [5.41, 5.74) is 0.528. The predicted molar refractivity (Wildman–Crippen MR) is 74.2 cm³/mol. The Morgan fingerprint density at radius 1 is 1.25 bits per heavy atom. The molecule has 1 aliphatic carbocycles. The van der Waals surface area contributed by atoms with Crippen molar-refractivity contribution in [2.75, 3.05) is 6.54 Å². The molecule has 0 spiro atoms. The molecule has 2 fully saturated rings. The Hall–Kier alpha value is -1.65. The van der Waals surface area contributed by atoms with E-state index >= 15 is 0 Å². The zero-order chi connectivity index (χ0) is 13.9. The summed E-state index contributed by atoms with van der Waals surface area (Å²) >= 11 is 0. The van der Waals surface area contributed by atoms with Gasteiger partial charge in [-0.15, -0.1) is 0 Å². The van der Waals surface area contributed by atoms with Crippen LogP contribution in [0.25, 0.3) is 0 Å². The van der Waals surface area contributed by atoms with Gasteiger partial charge in [0.05, 0.1) is 0 Å². The van der Waals surface area contributed by atoms with Gasteiger partial charge in [-0.1, -0.05) is 6.42 Å². The Morgan fingerprint density at radius 2 is 2.10 bits per heavy atom. The molecule has 1 saturated carbocycles. The number of aromatic nitrogens is 2. The summed E-state index contributed by atoms with van der Waals surface area (Å²) in [4.78, 5) is 26.7. The maximum absolute atomic E-state index is 12.6. The molecular formula is C15H21N3O2. The number of nitrogens with one attached hydrogen (secondary N) is 1. The van der Waals surface area contributed by atoms with E-state index < -0.39 is 0 Å². The number of ketones is 1. The summed E-state index contributed by atoms with van der Waals surface area (Å²) < 4.78 is 0. The average molecular weight is 275 g/mol. The van der Waals surface area contributed by atoms with Crippen LogP contribution in [-0.4, -0.2) is 39.4 Å². The molecule has 108 valence electrons. The minimum absolute atomic E-state index is 0.00873. The topological polar surface area (TPSA) is 66.1 Å². The standard InChI is InChI=1S/C15H21N3O2/c19-14-7-2-1-5-11(14)13-6-3-4-10-18(13)15(20)12-8-9-16-17-12/h8-9,11,13H,1-7,10H2,(H,16,17). The minimum atomic E-state index is -0.00873. The van der Waals surface area contributed by atoms with Gasteiger partial charge in [0, 0.05) is 31.1 Å². The molecule has 0 aromatic carbocycles. The van der Waals surface area contributed by atoms with Crippen LogP contribution in [0.4, 0.5) is 0 Å². The van der Waals surface area contributed by atoms with E-state index in [1.165, 1.54) is 0 Å². The summed E-state index contributed by atoms with van der Waals surface area (Å²) in [6, 6.07) is 1.80. The molecule has 5 nitrogen and oxygen atoms in total. The largest absolute Gasteiger partial charge is 0.334 e. The molecule has 3 rings (SSSR count). The Morgan fingerprint density at radius 3 is 2.85 bits per heavy atom. The van der Waals surface area contributed by atoms with Gasteiger partial charge in [-0.05, 0) is 38.2 Å². The van der Waals surface area contributed by atoms with Gasteiger partial charge in [-0.25, -0.2) is 0 Å². The number of H-pyrrole nitrogens is 1. The highest BCUT2D eigenvalue weighted by Gasteiger charge is 2.37. The lowest BCUT2D eigenvalue weighted by atomic mass is 9.79. The molecular weight excluding hydrogens is 254 g/mol. The molecule has 1 N–H and O–H groups in total. The second kappa shape index (κ2) is 5.77. The number of piperidine rings is 1. The molecule has 1 amide bonds. The van der Waals surface area contributed by atoms with Gasteiger partial charge >= 0.3 is 0 Å². The van der Waals surface area contributed by atoms with Gasteiger partial charge in [0.1, 0.15) is 11.5 Å². The average Bonchev–Trinajstić information content (AvgIpc) is 3.01. The number of likely N-dealkylation sites (tertiary alicyclic amines) is 1. The predicted octanol–water partition coefficient (Wildman–Crippen LogP) is 2.16. The number of Topliss-reactive ketones (excluding diaryl/α,β-unsaturated/α-hetero) is 1. The van der Waals surface area contributed by atoms with Gasteiger partial charge in [-0.2, -0.15) is 5.10 Å². The zero-order valence-electron chi connectivity index (χ0n) is 11.7. The number of aromatic amines is 1. The van der Waals surface area contributed by atoms with Crippen LogP contribution in [0.15, 0.2) is 12.3 Å². The molecule has 2 atom stereocenters. The van der Waals surface area contributed by atoms with Crippen LogP contribution < -0.4 is 0 Å². The third-order valence-electron chi connectivity index (χ3n) is 4.61. The van der Waals surface area contributed by atoms with E-state index in [1.54, 1.807) is 12.3 Å². The number of rotatable bonds is 2. The summed E-state index contributed by atoms with van der Waals surface area (Å²) in [5.74, 6) is 0.395. The van der Waals surface area contributed by atoms with Crippen molar-refractivity contribution in [2.45, 2.75) is 51.0 Å². The second-order valence-corrected chi connectivity index (χ2v) is 5.85. The maximum Gasteiger partial charge on any atom is 0.272 e. The highest BCUT2D eigenvalue weighted by atomic mass is 16.2. The van der Waals surface area contributed by atoms with Crippen molar-refractivity contribution in [3.63, 3.8) is 0 Å². The number of amides is 1. The third-order valence-corrected chi connectivity index (χ3v) is 4.61. The lowest BCUT2D eigenvalue weighted by Crippen LogP contribution is -2.50. The summed E-state index contributed by atoms with van der Waals surface area (Å²) in [6.07, 6.45) is 8.44. The first kappa shape index (κ1) is 13.3. The Labute approximate surface area is 118 Å². The first-order chi connectivity index (χ1) is 9.77. The van der Waals surface area contributed by atoms with Crippen molar-refractivity contribution in [1.82, 2.24) is 15.1 Å². The lowest BCUT2D eigenvalue weighted by molar-refractivity contribution is -0.127. The zero-order valence-corrected chi connectivity index (χ0v) is 11.7. The molecule has 1 saturated heterocycles. The fourth-order valence-electron chi connectivity index (χ4n) is 3.57. The maximum atomic E-state index is 12.6. The van der Waals surface area contributed by atoms with Crippen LogP contribution in [0.1, 0.15) is 55.4 Å². The highest BCUT2D eigenvalue weighted by Crippen LogP contribution is 2.32. The first-order valence-corrected chi connectivity index (χ1v) is 7.60. The van der Waals surface area contributed by atoms with Crippen molar-refractivity contribution >= 4 is 11.7 Å². The molecule has 2 unspecified atom stereocenters. The Bertz CT molecular complexity index is 483. The van der Waals surface area contributed by atoms with Crippen molar-refractivity contribution in [2.24, 2.45) is 5.92 Å². The molecule has 0 bridgehead atoms. The van der Waals surface area contributed by atoms with Crippen LogP contribution in [0.2, 0.25) is 0 Å².